The highest BCUT2D eigenvalue weighted by atomic mass is 32.2. The molecule has 5 nitrogen and oxygen atoms in total. The van der Waals surface area contributed by atoms with Crippen LogP contribution in [0.4, 0.5) is 0 Å². The topological polar surface area (TPSA) is 69.7 Å². The quantitative estimate of drug-likeness (QED) is 0.501. The molecule has 0 spiro atoms. The van der Waals surface area contributed by atoms with Crippen molar-refractivity contribution in [2.24, 2.45) is 0 Å². The summed E-state index contributed by atoms with van der Waals surface area (Å²) in [5, 5.41) is 0. The van der Waals surface area contributed by atoms with Gasteiger partial charge in [-0.2, -0.15) is 0 Å². The van der Waals surface area contributed by atoms with Gasteiger partial charge in [0.25, 0.3) is 11.0 Å². The van der Waals surface area contributed by atoms with Gasteiger partial charge in [-0.25, -0.2) is 13.2 Å². The summed E-state index contributed by atoms with van der Waals surface area (Å²) >= 11 is 0. The van der Waals surface area contributed by atoms with Gasteiger partial charge in [0.1, 0.15) is 0 Å². The molecule has 72 valence electrons. The fraction of sp³-hybridized carbons (Fsp3) is 0.833. The monoisotopic (exact) mass is 196 g/mol. The molecule has 0 aliphatic rings. The van der Waals surface area contributed by atoms with Crippen LogP contribution in [0.5, 0.6) is 0 Å². The number of hydrogen-bond acceptors (Lipinski definition) is 5. The summed E-state index contributed by atoms with van der Waals surface area (Å²) in [5.74, 6) is -0.691. The van der Waals surface area contributed by atoms with E-state index in [2.05, 4.69) is 8.92 Å². The number of rotatable bonds is 4. The smallest absolute Gasteiger partial charge is 0.339 e. The van der Waals surface area contributed by atoms with Crippen molar-refractivity contribution < 1.29 is 22.1 Å². The van der Waals surface area contributed by atoms with Gasteiger partial charge in [-0.1, -0.05) is 0 Å². The summed E-state index contributed by atoms with van der Waals surface area (Å²) in [4.78, 5) is 11.0. The van der Waals surface area contributed by atoms with Crippen LogP contribution in [0.25, 0.3) is 0 Å². The zero-order valence-electron chi connectivity index (χ0n) is 7.20. The number of carbonyl (C=O) groups excluding carboxylic acids is 1. The lowest BCUT2D eigenvalue weighted by Crippen LogP contribution is -2.36. The van der Waals surface area contributed by atoms with Crippen molar-refractivity contribution in [3.8, 4) is 0 Å². The first-order valence-corrected chi connectivity index (χ1v) is 4.50. The summed E-state index contributed by atoms with van der Waals surface area (Å²) in [5.41, 5.74) is -1.43. The van der Waals surface area contributed by atoms with Gasteiger partial charge in [0, 0.05) is 0 Å². The lowest BCUT2D eigenvalue weighted by molar-refractivity contribution is -0.158. The molecule has 0 aromatic carbocycles. The van der Waals surface area contributed by atoms with Gasteiger partial charge in [0.15, 0.2) is 5.60 Å². The maximum Gasteiger partial charge on any atom is 0.339 e. The van der Waals surface area contributed by atoms with Crippen molar-refractivity contribution in [1.82, 2.24) is 0 Å². The van der Waals surface area contributed by atoms with E-state index in [1.807, 2.05) is 0 Å². The van der Waals surface area contributed by atoms with E-state index in [1.54, 1.807) is 6.92 Å². The minimum Gasteiger partial charge on any atom is -0.464 e. The van der Waals surface area contributed by atoms with E-state index in [1.165, 1.54) is 13.8 Å². The molecule has 0 bridgehead atoms. The maximum atomic E-state index is 11.0. The molecule has 0 aromatic rings. The van der Waals surface area contributed by atoms with Crippen LogP contribution in [0.1, 0.15) is 20.8 Å². The fourth-order valence-electron chi connectivity index (χ4n) is 0.529. The molecule has 0 heterocycles. The van der Waals surface area contributed by atoms with Crippen molar-refractivity contribution in [3.05, 3.63) is 0 Å². The van der Waals surface area contributed by atoms with Gasteiger partial charge in [-0.15, -0.1) is 0 Å². The molecule has 0 fully saturated rings. The standard InChI is InChI=1S/C6H12O5S/c1-4-10-5(7)6(2,3)11-12(8)9/h12H,4H2,1-3H3. The number of hydrogen-bond donors (Lipinski definition) is 1. The predicted octanol–water partition coefficient (Wildman–Crippen LogP) is -0.129. The van der Waals surface area contributed by atoms with Gasteiger partial charge < -0.3 is 4.74 Å². The average Bonchev–Trinajstić information content (AvgIpc) is 1.85. The Hall–Kier alpha value is -0.620. The summed E-state index contributed by atoms with van der Waals surface area (Å²) in [6, 6.07) is 0. The van der Waals surface area contributed by atoms with Crippen molar-refractivity contribution in [1.29, 1.82) is 0 Å². The van der Waals surface area contributed by atoms with Gasteiger partial charge in [-0.3, -0.25) is 4.18 Å². The van der Waals surface area contributed by atoms with Gasteiger partial charge >= 0.3 is 5.97 Å². The van der Waals surface area contributed by atoms with E-state index in [-0.39, 0.29) is 6.61 Å². The molecule has 12 heavy (non-hydrogen) atoms. The molecule has 0 radical (unpaired) electrons. The highest BCUT2D eigenvalue weighted by Crippen LogP contribution is 2.11. The third kappa shape index (κ3) is 3.68. The first-order valence-electron chi connectivity index (χ1n) is 3.41. The van der Waals surface area contributed by atoms with Crippen molar-refractivity contribution in [3.63, 3.8) is 0 Å². The normalized spacial score (nSPS) is 11.7. The van der Waals surface area contributed by atoms with Crippen LogP contribution in [0.15, 0.2) is 0 Å². The Morgan fingerprint density at radius 2 is 1.92 bits per heavy atom. The van der Waals surface area contributed by atoms with Crippen LogP contribution >= 0.6 is 0 Å². The molecule has 0 amide bonds. The fourth-order valence-corrected chi connectivity index (χ4v) is 0.976. The molecule has 0 rings (SSSR count). The van der Waals surface area contributed by atoms with Crippen LogP contribution < -0.4 is 0 Å². The summed E-state index contributed by atoms with van der Waals surface area (Å²) in [7, 11) is -3.03. The van der Waals surface area contributed by atoms with E-state index in [0.717, 1.165) is 0 Å². The highest BCUT2D eigenvalue weighted by molar-refractivity contribution is 7.67. The molecule has 0 saturated heterocycles. The maximum absolute atomic E-state index is 11.0. The Bertz CT molecular complexity index is 222. The van der Waals surface area contributed by atoms with E-state index in [0.29, 0.717) is 0 Å². The van der Waals surface area contributed by atoms with Crippen LogP contribution in [0.2, 0.25) is 0 Å². The molecule has 0 atom stereocenters. The number of ether oxygens (including phenoxy) is 1. The van der Waals surface area contributed by atoms with Gasteiger partial charge in [0.2, 0.25) is 0 Å². The first-order chi connectivity index (χ1) is 5.40. The molecule has 0 aliphatic heterocycles. The van der Waals surface area contributed by atoms with Crippen molar-refractivity contribution >= 4 is 17.0 Å². The predicted molar refractivity (Wildman–Crippen MR) is 42.1 cm³/mol. The summed E-state index contributed by atoms with van der Waals surface area (Å²) in [6.07, 6.45) is 0. The molecular formula is C6H12O5S. The van der Waals surface area contributed by atoms with Crippen molar-refractivity contribution in [2.75, 3.05) is 6.61 Å². The summed E-state index contributed by atoms with van der Waals surface area (Å²) in [6.45, 7) is 4.48. The Balaban J connectivity index is 4.28. The van der Waals surface area contributed by atoms with E-state index in [4.69, 9.17) is 0 Å². The van der Waals surface area contributed by atoms with Crippen LogP contribution in [-0.4, -0.2) is 26.6 Å². The lowest BCUT2D eigenvalue weighted by Gasteiger charge is -2.18. The van der Waals surface area contributed by atoms with Crippen LogP contribution in [0, 0.1) is 0 Å². The van der Waals surface area contributed by atoms with Gasteiger partial charge in [0.05, 0.1) is 6.61 Å². The van der Waals surface area contributed by atoms with Crippen molar-refractivity contribution in [2.45, 2.75) is 26.4 Å². The van der Waals surface area contributed by atoms with E-state index >= 15 is 0 Å². The number of thiol groups is 1. The van der Waals surface area contributed by atoms with Crippen LogP contribution in [-0.2, 0) is 24.7 Å². The third-order valence-corrected chi connectivity index (χ3v) is 1.68. The zero-order chi connectivity index (χ0) is 9.78. The summed E-state index contributed by atoms with van der Waals surface area (Å²) < 4.78 is 29.2. The average molecular weight is 196 g/mol. The minimum absolute atomic E-state index is 0.196. The third-order valence-electron chi connectivity index (χ3n) is 1.07. The first kappa shape index (κ1) is 11.4. The largest absolute Gasteiger partial charge is 0.464 e. The second-order valence-corrected chi connectivity index (χ2v) is 3.18. The zero-order valence-corrected chi connectivity index (χ0v) is 8.09. The molecule has 6 heteroatoms. The van der Waals surface area contributed by atoms with Crippen LogP contribution in [0.3, 0.4) is 0 Å². The molecule has 0 aromatic heterocycles. The molecule has 0 aliphatic carbocycles. The Labute approximate surface area is 72.8 Å². The highest BCUT2D eigenvalue weighted by Gasteiger charge is 2.31. The van der Waals surface area contributed by atoms with E-state index < -0.39 is 22.6 Å². The molecular weight excluding hydrogens is 184 g/mol. The molecule has 0 saturated carbocycles. The van der Waals surface area contributed by atoms with E-state index in [9.17, 15) is 13.2 Å². The second kappa shape index (κ2) is 4.42. The Morgan fingerprint density at radius 3 is 2.25 bits per heavy atom. The Morgan fingerprint density at radius 1 is 1.42 bits per heavy atom. The number of esters is 1. The molecule has 0 unspecified atom stereocenters. The Kier molecular flexibility index (Phi) is 4.19. The minimum atomic E-state index is -3.03. The number of carbonyl (C=O) groups is 1. The van der Waals surface area contributed by atoms with Gasteiger partial charge in [-0.05, 0) is 20.8 Å². The molecule has 0 N–H and O–H groups in total. The second-order valence-electron chi connectivity index (χ2n) is 2.55. The lowest BCUT2D eigenvalue weighted by atomic mass is 10.1. The SMILES string of the molecule is CCOC(=O)C(C)(C)O[SH](=O)=O.